The van der Waals surface area contributed by atoms with E-state index in [9.17, 15) is 13.2 Å². The minimum absolute atomic E-state index is 0.307. The van der Waals surface area contributed by atoms with Crippen LogP contribution in [0.3, 0.4) is 0 Å². The monoisotopic (exact) mass is 387 g/mol. The van der Waals surface area contributed by atoms with Crippen molar-refractivity contribution in [3.05, 3.63) is 32.5 Å². The van der Waals surface area contributed by atoms with Crippen LogP contribution in [0.15, 0.2) is 18.2 Å². The molecular formula is C11H6ClF3INO. The molecule has 96 valence electrons. The second kappa shape index (κ2) is 4.73. The Morgan fingerprint density at radius 1 is 1.33 bits per heavy atom. The molecule has 7 heteroatoms. The van der Waals surface area contributed by atoms with Crippen LogP contribution in [-0.2, 0) is 0 Å². The van der Waals surface area contributed by atoms with Gasteiger partial charge in [-0.1, -0.05) is 11.6 Å². The zero-order valence-electron chi connectivity index (χ0n) is 8.98. The van der Waals surface area contributed by atoms with Crippen LogP contribution < -0.4 is 4.74 Å². The maximum Gasteiger partial charge on any atom is 0.573 e. The number of halogens is 5. The summed E-state index contributed by atoms with van der Waals surface area (Å²) < 4.78 is 40.9. The van der Waals surface area contributed by atoms with Gasteiger partial charge >= 0.3 is 6.36 Å². The Morgan fingerprint density at radius 2 is 2.00 bits per heavy atom. The third-order valence-electron chi connectivity index (χ3n) is 2.24. The Kier molecular flexibility index (Phi) is 3.59. The average Bonchev–Trinajstić information content (AvgIpc) is 2.25. The standard InChI is InChI=1S/C11H6ClF3INO/c1-5-10(16)9(12)7-4-6(18-11(13,14)15)2-3-8(7)17-5/h2-4H,1H3. The van der Waals surface area contributed by atoms with Gasteiger partial charge < -0.3 is 4.74 Å². The minimum Gasteiger partial charge on any atom is -0.406 e. The van der Waals surface area contributed by atoms with Crippen LogP contribution in [0.25, 0.3) is 10.9 Å². The number of hydrogen-bond acceptors (Lipinski definition) is 2. The molecule has 0 spiro atoms. The molecule has 0 aliphatic heterocycles. The number of rotatable bonds is 1. The number of aryl methyl sites for hydroxylation is 1. The van der Waals surface area contributed by atoms with E-state index in [1.807, 2.05) is 22.6 Å². The third kappa shape index (κ3) is 2.80. The van der Waals surface area contributed by atoms with Gasteiger partial charge in [0.05, 0.1) is 19.8 Å². The second-order valence-electron chi connectivity index (χ2n) is 3.55. The zero-order chi connectivity index (χ0) is 13.5. The van der Waals surface area contributed by atoms with Crippen molar-refractivity contribution >= 4 is 45.1 Å². The van der Waals surface area contributed by atoms with Gasteiger partial charge in [-0.25, -0.2) is 0 Å². The Bertz CT molecular complexity index is 615. The molecule has 0 saturated heterocycles. The number of pyridine rings is 1. The molecule has 1 aromatic heterocycles. The van der Waals surface area contributed by atoms with Gasteiger partial charge in [-0.2, -0.15) is 0 Å². The first kappa shape index (κ1) is 13.7. The lowest BCUT2D eigenvalue weighted by atomic mass is 10.2. The molecule has 0 saturated carbocycles. The van der Waals surface area contributed by atoms with Crippen LogP contribution in [0.2, 0.25) is 5.02 Å². The quantitative estimate of drug-likeness (QED) is 0.662. The molecule has 0 N–H and O–H groups in total. The van der Waals surface area contributed by atoms with Crippen LogP contribution in [-0.4, -0.2) is 11.3 Å². The van der Waals surface area contributed by atoms with Crippen molar-refractivity contribution in [2.45, 2.75) is 13.3 Å². The Labute approximate surface area is 119 Å². The van der Waals surface area contributed by atoms with Gasteiger partial charge in [-0.05, 0) is 47.7 Å². The molecule has 0 atom stereocenters. The predicted octanol–water partition coefficient (Wildman–Crippen LogP) is 4.70. The van der Waals surface area contributed by atoms with Gasteiger partial charge in [0.25, 0.3) is 0 Å². The summed E-state index contributed by atoms with van der Waals surface area (Å²) in [6.45, 7) is 1.78. The molecule has 0 unspecified atom stereocenters. The molecule has 0 aliphatic carbocycles. The van der Waals surface area contributed by atoms with E-state index in [0.29, 0.717) is 19.5 Å². The van der Waals surface area contributed by atoms with Crippen LogP contribution in [0.5, 0.6) is 5.75 Å². The van der Waals surface area contributed by atoms with Crippen molar-refractivity contribution in [2.75, 3.05) is 0 Å². The highest BCUT2D eigenvalue weighted by molar-refractivity contribution is 14.1. The summed E-state index contributed by atoms with van der Waals surface area (Å²) in [5.41, 5.74) is 1.27. The van der Waals surface area contributed by atoms with Gasteiger partial charge in [0.15, 0.2) is 0 Å². The highest BCUT2D eigenvalue weighted by Gasteiger charge is 2.31. The fraction of sp³-hybridized carbons (Fsp3) is 0.182. The number of hydrogen-bond donors (Lipinski definition) is 0. The van der Waals surface area contributed by atoms with Crippen LogP contribution in [0.1, 0.15) is 5.69 Å². The summed E-state index contributed by atoms with van der Waals surface area (Å²) in [7, 11) is 0. The van der Waals surface area contributed by atoms with E-state index in [4.69, 9.17) is 11.6 Å². The number of benzene rings is 1. The van der Waals surface area contributed by atoms with Gasteiger partial charge in [0.1, 0.15) is 5.75 Å². The molecule has 0 aliphatic rings. The van der Waals surface area contributed by atoms with E-state index in [1.165, 1.54) is 18.2 Å². The number of fused-ring (bicyclic) bond motifs is 1. The van der Waals surface area contributed by atoms with Crippen molar-refractivity contribution in [3.63, 3.8) is 0 Å². The van der Waals surface area contributed by atoms with Crippen LogP contribution in [0, 0.1) is 10.5 Å². The molecular weight excluding hydrogens is 381 g/mol. The van der Waals surface area contributed by atoms with Crippen molar-refractivity contribution in [3.8, 4) is 5.75 Å². The summed E-state index contributed by atoms with van der Waals surface area (Å²) >= 11 is 8.09. The SMILES string of the molecule is Cc1nc2ccc(OC(F)(F)F)cc2c(Cl)c1I. The van der Waals surface area contributed by atoms with Crippen molar-refractivity contribution in [2.24, 2.45) is 0 Å². The first-order valence-electron chi connectivity index (χ1n) is 4.79. The smallest absolute Gasteiger partial charge is 0.406 e. The summed E-state index contributed by atoms with van der Waals surface area (Å²) in [4.78, 5) is 4.24. The largest absolute Gasteiger partial charge is 0.573 e. The first-order valence-corrected chi connectivity index (χ1v) is 6.25. The zero-order valence-corrected chi connectivity index (χ0v) is 11.9. The summed E-state index contributed by atoms with van der Waals surface area (Å²) in [5, 5.41) is 0.819. The fourth-order valence-corrected chi connectivity index (χ4v) is 2.19. The maximum atomic E-state index is 12.1. The molecule has 0 radical (unpaired) electrons. The number of aromatic nitrogens is 1. The van der Waals surface area contributed by atoms with E-state index in [2.05, 4.69) is 9.72 Å². The summed E-state index contributed by atoms with van der Waals surface area (Å²) in [6.07, 6.45) is -4.72. The van der Waals surface area contributed by atoms with Crippen molar-refractivity contribution in [1.82, 2.24) is 4.98 Å². The molecule has 0 fully saturated rings. The Balaban J connectivity index is 2.58. The molecule has 2 rings (SSSR count). The summed E-state index contributed by atoms with van der Waals surface area (Å²) in [5.74, 6) is -0.307. The van der Waals surface area contributed by atoms with E-state index in [1.54, 1.807) is 6.92 Å². The molecule has 18 heavy (non-hydrogen) atoms. The van der Waals surface area contributed by atoms with Crippen molar-refractivity contribution in [1.29, 1.82) is 0 Å². The molecule has 1 heterocycles. The van der Waals surface area contributed by atoms with E-state index in [-0.39, 0.29) is 5.75 Å². The molecule has 1 aromatic carbocycles. The average molecular weight is 388 g/mol. The van der Waals surface area contributed by atoms with Gasteiger partial charge in [0, 0.05) is 5.39 Å². The normalized spacial score (nSPS) is 11.9. The van der Waals surface area contributed by atoms with E-state index >= 15 is 0 Å². The van der Waals surface area contributed by atoms with Gasteiger partial charge in [0.2, 0.25) is 0 Å². The molecule has 0 amide bonds. The predicted molar refractivity (Wildman–Crippen MR) is 70.9 cm³/mol. The lowest BCUT2D eigenvalue weighted by Gasteiger charge is -2.11. The minimum atomic E-state index is -4.72. The topological polar surface area (TPSA) is 22.1 Å². The number of nitrogens with zero attached hydrogens (tertiary/aromatic N) is 1. The summed E-state index contributed by atoms with van der Waals surface area (Å²) in [6, 6.07) is 3.90. The van der Waals surface area contributed by atoms with Gasteiger partial charge in [-0.3, -0.25) is 4.98 Å². The second-order valence-corrected chi connectivity index (χ2v) is 5.01. The lowest BCUT2D eigenvalue weighted by molar-refractivity contribution is -0.274. The van der Waals surface area contributed by atoms with E-state index in [0.717, 1.165) is 5.69 Å². The molecule has 2 aromatic rings. The van der Waals surface area contributed by atoms with Gasteiger partial charge in [-0.15, -0.1) is 13.2 Å². The van der Waals surface area contributed by atoms with Crippen LogP contribution >= 0.6 is 34.2 Å². The van der Waals surface area contributed by atoms with Crippen molar-refractivity contribution < 1.29 is 17.9 Å². The van der Waals surface area contributed by atoms with E-state index < -0.39 is 6.36 Å². The maximum absolute atomic E-state index is 12.1. The lowest BCUT2D eigenvalue weighted by Crippen LogP contribution is -2.17. The Hall–Kier alpha value is -0.760. The highest BCUT2D eigenvalue weighted by atomic mass is 127. The molecule has 2 nitrogen and oxygen atoms in total. The fourth-order valence-electron chi connectivity index (χ4n) is 1.49. The van der Waals surface area contributed by atoms with Crippen LogP contribution in [0.4, 0.5) is 13.2 Å². The first-order chi connectivity index (χ1) is 8.28. The molecule has 0 bridgehead atoms. The Morgan fingerprint density at radius 3 is 2.61 bits per heavy atom. The number of ether oxygens (including phenoxy) is 1. The highest BCUT2D eigenvalue weighted by Crippen LogP contribution is 2.33. The third-order valence-corrected chi connectivity index (χ3v) is 4.27. The number of alkyl halides is 3.